The number of rotatable bonds is 8. The maximum Gasteiger partial charge on any atom is 0.288 e. The van der Waals surface area contributed by atoms with Crippen molar-refractivity contribution in [2.75, 3.05) is 10.6 Å². The fourth-order valence-electron chi connectivity index (χ4n) is 4.81. The number of anilines is 2. The van der Waals surface area contributed by atoms with Crippen LogP contribution in [-0.2, 0) is 13.1 Å². The van der Waals surface area contributed by atoms with Crippen molar-refractivity contribution >= 4 is 45.0 Å². The van der Waals surface area contributed by atoms with Crippen LogP contribution in [0, 0.1) is 10.1 Å². The molecule has 2 N–H and O–H groups in total. The predicted molar refractivity (Wildman–Crippen MR) is 155 cm³/mol. The standard InChI is InChI=1S/C31H24N6O3/c38-29(27-17-5-6-18-28(27)37(39)40)36-31(33-20-24-14-8-12-22-10-2-4-16-26(22)24)34-30(35-36)32-19-23-13-7-11-21-9-1-3-15-25(21)23/h1-18H,19-20H2,(H2,32,33,34,35). The topological polar surface area (TPSA) is 115 Å². The van der Waals surface area contributed by atoms with Crippen molar-refractivity contribution in [1.29, 1.82) is 0 Å². The van der Waals surface area contributed by atoms with Gasteiger partial charge in [-0.3, -0.25) is 14.9 Å². The SMILES string of the molecule is O=C(c1ccccc1[N+](=O)[O-])n1nc(NCc2cccc3ccccc23)nc1NCc1cccc2ccccc12. The van der Waals surface area contributed by atoms with Gasteiger partial charge in [0.05, 0.1) is 4.92 Å². The first-order valence-electron chi connectivity index (χ1n) is 12.7. The molecule has 0 atom stereocenters. The summed E-state index contributed by atoms with van der Waals surface area (Å²) in [7, 11) is 0. The largest absolute Gasteiger partial charge is 0.350 e. The van der Waals surface area contributed by atoms with E-state index in [0.717, 1.165) is 37.4 Å². The Balaban J connectivity index is 1.33. The molecule has 9 nitrogen and oxygen atoms in total. The molecule has 0 unspecified atom stereocenters. The van der Waals surface area contributed by atoms with Crippen molar-refractivity contribution in [3.05, 3.63) is 136 Å². The van der Waals surface area contributed by atoms with Crippen molar-refractivity contribution in [3.63, 3.8) is 0 Å². The van der Waals surface area contributed by atoms with Crippen LogP contribution in [0.15, 0.2) is 109 Å². The van der Waals surface area contributed by atoms with E-state index in [1.807, 2.05) is 84.9 Å². The van der Waals surface area contributed by atoms with Gasteiger partial charge in [0, 0.05) is 19.2 Å². The molecule has 0 saturated carbocycles. The zero-order valence-electron chi connectivity index (χ0n) is 21.3. The average Bonchev–Trinajstić information content (AvgIpc) is 3.41. The Bertz CT molecular complexity index is 1870. The molecule has 6 aromatic rings. The monoisotopic (exact) mass is 528 g/mol. The van der Waals surface area contributed by atoms with Crippen LogP contribution in [0.5, 0.6) is 0 Å². The summed E-state index contributed by atoms with van der Waals surface area (Å²) in [4.78, 5) is 29.2. The highest BCUT2D eigenvalue weighted by Crippen LogP contribution is 2.24. The maximum atomic E-state index is 13.6. The van der Waals surface area contributed by atoms with E-state index in [9.17, 15) is 14.9 Å². The summed E-state index contributed by atoms with van der Waals surface area (Å²) in [5.74, 6) is -0.254. The minimum Gasteiger partial charge on any atom is -0.350 e. The number of para-hydroxylation sites is 1. The number of aromatic nitrogens is 3. The summed E-state index contributed by atoms with van der Waals surface area (Å²) in [6.07, 6.45) is 0. The van der Waals surface area contributed by atoms with Crippen molar-refractivity contribution in [2.45, 2.75) is 13.1 Å². The lowest BCUT2D eigenvalue weighted by Gasteiger charge is -2.09. The molecule has 0 aliphatic carbocycles. The van der Waals surface area contributed by atoms with Crippen LogP contribution in [-0.4, -0.2) is 25.6 Å². The normalized spacial score (nSPS) is 11.0. The zero-order valence-corrected chi connectivity index (χ0v) is 21.3. The highest BCUT2D eigenvalue weighted by molar-refractivity contribution is 6.00. The quantitative estimate of drug-likeness (QED) is 0.173. The Morgan fingerprint density at radius 2 is 1.27 bits per heavy atom. The van der Waals surface area contributed by atoms with Crippen LogP contribution >= 0.6 is 0 Å². The highest BCUT2D eigenvalue weighted by atomic mass is 16.6. The first-order chi connectivity index (χ1) is 19.6. The van der Waals surface area contributed by atoms with Gasteiger partial charge < -0.3 is 10.6 Å². The Morgan fingerprint density at radius 3 is 1.93 bits per heavy atom. The number of nitro groups is 1. The second kappa shape index (κ2) is 10.7. The second-order valence-corrected chi connectivity index (χ2v) is 9.23. The Kier molecular flexibility index (Phi) is 6.60. The molecule has 1 heterocycles. The van der Waals surface area contributed by atoms with E-state index in [2.05, 4.69) is 20.7 Å². The molecule has 6 rings (SSSR count). The van der Waals surface area contributed by atoms with Gasteiger partial charge in [0.15, 0.2) is 0 Å². The van der Waals surface area contributed by atoms with Gasteiger partial charge in [0.2, 0.25) is 11.9 Å². The van der Waals surface area contributed by atoms with Crippen LogP contribution in [0.2, 0.25) is 0 Å². The number of carbonyl (C=O) groups is 1. The number of benzene rings is 5. The van der Waals surface area contributed by atoms with E-state index in [0.29, 0.717) is 13.1 Å². The lowest BCUT2D eigenvalue weighted by molar-refractivity contribution is -0.385. The molecule has 0 fully saturated rings. The molecule has 0 radical (unpaired) electrons. The number of nitrogens with zero attached hydrogens (tertiary/aromatic N) is 4. The number of hydrogen-bond donors (Lipinski definition) is 2. The lowest BCUT2D eigenvalue weighted by Crippen LogP contribution is -2.19. The van der Waals surface area contributed by atoms with Crippen molar-refractivity contribution in [3.8, 4) is 0 Å². The summed E-state index contributed by atoms with van der Waals surface area (Å²) >= 11 is 0. The molecule has 40 heavy (non-hydrogen) atoms. The highest BCUT2D eigenvalue weighted by Gasteiger charge is 2.25. The number of hydrogen-bond acceptors (Lipinski definition) is 7. The van der Waals surface area contributed by atoms with Gasteiger partial charge >= 0.3 is 0 Å². The van der Waals surface area contributed by atoms with Gasteiger partial charge in [-0.1, -0.05) is 97.1 Å². The molecule has 0 bridgehead atoms. The number of carbonyl (C=O) groups excluding carboxylic acids is 1. The molecular weight excluding hydrogens is 504 g/mol. The van der Waals surface area contributed by atoms with E-state index < -0.39 is 10.8 Å². The molecule has 0 saturated heterocycles. The van der Waals surface area contributed by atoms with Crippen LogP contribution in [0.1, 0.15) is 21.5 Å². The van der Waals surface area contributed by atoms with E-state index in [1.165, 1.54) is 18.2 Å². The van der Waals surface area contributed by atoms with E-state index in [1.54, 1.807) is 6.07 Å². The first kappa shape index (κ1) is 24.7. The van der Waals surface area contributed by atoms with Crippen LogP contribution in [0.4, 0.5) is 17.6 Å². The lowest BCUT2D eigenvalue weighted by atomic mass is 10.0. The minimum absolute atomic E-state index is 0.0776. The minimum atomic E-state index is -0.654. The van der Waals surface area contributed by atoms with Gasteiger partial charge in [0.1, 0.15) is 5.56 Å². The molecule has 0 amide bonds. The van der Waals surface area contributed by atoms with Crippen molar-refractivity contribution in [2.24, 2.45) is 0 Å². The maximum absolute atomic E-state index is 13.6. The van der Waals surface area contributed by atoms with Gasteiger partial charge in [-0.15, -0.1) is 5.10 Å². The fourth-order valence-corrected chi connectivity index (χ4v) is 4.81. The average molecular weight is 529 g/mol. The molecule has 0 aliphatic rings. The molecule has 1 aromatic heterocycles. The predicted octanol–water partition coefficient (Wildman–Crippen LogP) is 6.41. The summed E-state index contributed by atoms with van der Waals surface area (Å²) < 4.78 is 1.08. The van der Waals surface area contributed by atoms with Gasteiger partial charge in [-0.05, 0) is 38.7 Å². The van der Waals surface area contributed by atoms with Crippen molar-refractivity contribution in [1.82, 2.24) is 14.8 Å². The molecule has 196 valence electrons. The fraction of sp³-hybridized carbons (Fsp3) is 0.0645. The van der Waals surface area contributed by atoms with Crippen LogP contribution < -0.4 is 10.6 Å². The second-order valence-electron chi connectivity index (χ2n) is 9.23. The Morgan fingerprint density at radius 1 is 0.725 bits per heavy atom. The Labute approximate surface area is 229 Å². The third kappa shape index (κ3) is 4.83. The van der Waals surface area contributed by atoms with E-state index >= 15 is 0 Å². The molecule has 5 aromatic carbocycles. The summed E-state index contributed by atoms with van der Waals surface area (Å²) in [6.45, 7) is 0.792. The smallest absolute Gasteiger partial charge is 0.288 e. The third-order valence-electron chi connectivity index (χ3n) is 6.76. The number of fused-ring (bicyclic) bond motifs is 2. The summed E-state index contributed by atoms with van der Waals surface area (Å²) in [6, 6.07) is 34.0. The van der Waals surface area contributed by atoms with Crippen LogP contribution in [0.25, 0.3) is 21.5 Å². The summed E-state index contributed by atoms with van der Waals surface area (Å²) in [5.41, 5.74) is 1.68. The molecule has 0 spiro atoms. The number of nitro benzene ring substituents is 1. The number of nitrogens with one attached hydrogen (secondary N) is 2. The van der Waals surface area contributed by atoms with Gasteiger partial charge in [0.25, 0.3) is 11.6 Å². The zero-order chi connectivity index (χ0) is 27.5. The van der Waals surface area contributed by atoms with Gasteiger partial charge in [-0.25, -0.2) is 0 Å². The molecular formula is C31H24N6O3. The summed E-state index contributed by atoms with van der Waals surface area (Å²) in [5, 5.41) is 26.9. The van der Waals surface area contributed by atoms with Crippen LogP contribution in [0.3, 0.4) is 0 Å². The van der Waals surface area contributed by atoms with Crippen molar-refractivity contribution < 1.29 is 9.72 Å². The van der Waals surface area contributed by atoms with E-state index in [4.69, 9.17) is 0 Å². The van der Waals surface area contributed by atoms with E-state index in [-0.39, 0.29) is 23.1 Å². The van der Waals surface area contributed by atoms with Gasteiger partial charge in [-0.2, -0.15) is 9.67 Å². The molecule has 0 aliphatic heterocycles. The Hall–Kier alpha value is -5.57. The third-order valence-corrected chi connectivity index (χ3v) is 6.76. The first-order valence-corrected chi connectivity index (χ1v) is 12.7. The molecule has 9 heteroatoms.